The zero-order chi connectivity index (χ0) is 44.6. The Kier molecular flexibility index (Phi) is 20.5. The van der Waals surface area contributed by atoms with Crippen LogP contribution in [-0.4, -0.2) is 121 Å². The maximum atomic E-state index is 13.5. The molecule has 0 aromatic heterocycles. The van der Waals surface area contributed by atoms with Crippen LogP contribution >= 0.6 is 12.4 Å². The molecule has 18 heteroatoms. The monoisotopic (exact) mass is 914 g/mol. The van der Waals surface area contributed by atoms with Crippen LogP contribution < -0.4 is 13.9 Å². The van der Waals surface area contributed by atoms with Crippen LogP contribution in [0.1, 0.15) is 59.5 Å². The number of carbonyl (C=O) groups is 3. The van der Waals surface area contributed by atoms with Gasteiger partial charge in [-0.2, -0.15) is 25.4 Å². The number of piperazine rings is 2. The number of hydrogen-bond acceptors (Lipinski definition) is 11. The summed E-state index contributed by atoms with van der Waals surface area (Å²) in [5.74, 6) is -0.674. The van der Waals surface area contributed by atoms with E-state index in [2.05, 4.69) is 24.1 Å². The third-order valence-electron chi connectivity index (χ3n) is 9.78. The van der Waals surface area contributed by atoms with Crippen molar-refractivity contribution >= 4 is 61.9 Å². The molecule has 15 nitrogen and oxygen atoms in total. The summed E-state index contributed by atoms with van der Waals surface area (Å²) in [5, 5.41) is 3.17. The topological polar surface area (TPSA) is 166 Å². The second-order valence-corrected chi connectivity index (χ2v) is 18.4. The Balaban J connectivity index is 0.000000301. The van der Waals surface area contributed by atoms with Crippen molar-refractivity contribution in [1.29, 1.82) is 0 Å². The highest BCUT2D eigenvalue weighted by atomic mass is 35.5. The van der Waals surface area contributed by atoms with Crippen molar-refractivity contribution < 1.29 is 40.7 Å². The maximum Gasteiger partial charge on any atom is 0.337 e. The van der Waals surface area contributed by atoms with Crippen molar-refractivity contribution in [1.82, 2.24) is 18.8 Å². The Morgan fingerprint density at radius 2 is 0.919 bits per heavy atom. The minimum Gasteiger partial charge on any atom is -0.465 e. The second kappa shape index (κ2) is 24.7. The normalized spacial score (nSPS) is 14.8. The van der Waals surface area contributed by atoms with Crippen molar-refractivity contribution in [3.63, 3.8) is 0 Å². The summed E-state index contributed by atoms with van der Waals surface area (Å²) in [7, 11) is -4.72. The predicted molar refractivity (Wildman–Crippen MR) is 245 cm³/mol. The standard InChI is InChI=1S/C22H29N3O4S.C19H23N3O4S.C3H6O.ClH/c1-18(2)23-13-15-24(16-14-23)30(27,28)25(21-7-5-4-6-8-21)17-19-9-11-20(12-10-19)22(26)29-3;1-26-19(23)17-9-7-16(8-10-17)15-22(18-5-3-2-4-6-18)27(24,25)21-13-11-20-12-14-21;1-3(2)4;/h4-12,18H,13-17H2,1-3H3;2-10,20H,11-15H2,1H3;1-2H3;1H. The van der Waals surface area contributed by atoms with Gasteiger partial charge in [-0.1, -0.05) is 60.7 Å². The molecule has 338 valence electrons. The Hall–Kier alpha value is -4.88. The molecule has 1 N–H and O–H groups in total. The number of carbonyl (C=O) groups excluding carboxylic acids is 3. The van der Waals surface area contributed by atoms with E-state index in [0.29, 0.717) is 80.9 Å². The van der Waals surface area contributed by atoms with Gasteiger partial charge in [0.15, 0.2) is 0 Å². The molecule has 2 aliphatic heterocycles. The van der Waals surface area contributed by atoms with Crippen LogP contribution in [0.4, 0.5) is 11.4 Å². The van der Waals surface area contributed by atoms with E-state index in [1.54, 1.807) is 77.1 Å². The number of para-hydroxylation sites is 2. The first-order chi connectivity index (χ1) is 29.1. The Morgan fingerprint density at radius 1 is 0.581 bits per heavy atom. The fourth-order valence-corrected chi connectivity index (χ4v) is 9.69. The van der Waals surface area contributed by atoms with Gasteiger partial charge in [-0.05, 0) is 87.4 Å². The first-order valence-electron chi connectivity index (χ1n) is 20.0. The van der Waals surface area contributed by atoms with Crippen LogP contribution in [0, 0.1) is 0 Å². The van der Waals surface area contributed by atoms with Gasteiger partial charge in [0.1, 0.15) is 5.78 Å². The van der Waals surface area contributed by atoms with Gasteiger partial charge in [0, 0.05) is 58.4 Å². The average molecular weight is 916 g/mol. The molecular weight excluding hydrogens is 856 g/mol. The third kappa shape index (κ3) is 14.6. The van der Waals surface area contributed by atoms with Crippen LogP contribution in [-0.2, 0) is 47.8 Å². The van der Waals surface area contributed by atoms with Gasteiger partial charge in [-0.3, -0.25) is 13.5 Å². The number of benzene rings is 4. The van der Waals surface area contributed by atoms with E-state index >= 15 is 0 Å². The lowest BCUT2D eigenvalue weighted by molar-refractivity contribution is -0.115. The van der Waals surface area contributed by atoms with E-state index in [4.69, 9.17) is 9.47 Å². The van der Waals surface area contributed by atoms with E-state index in [-0.39, 0.29) is 31.3 Å². The van der Waals surface area contributed by atoms with Gasteiger partial charge in [-0.25, -0.2) is 9.59 Å². The molecule has 2 heterocycles. The number of methoxy groups -OCH3 is 2. The van der Waals surface area contributed by atoms with Crippen LogP contribution in [0.2, 0.25) is 0 Å². The highest BCUT2D eigenvalue weighted by Gasteiger charge is 2.34. The quantitative estimate of drug-likeness (QED) is 0.171. The van der Waals surface area contributed by atoms with Crippen molar-refractivity contribution in [2.45, 2.75) is 46.8 Å². The molecular formula is C44H59ClN6O9S2. The summed E-state index contributed by atoms with van der Waals surface area (Å²) in [6.45, 7) is 12.2. The van der Waals surface area contributed by atoms with E-state index in [9.17, 15) is 31.2 Å². The zero-order valence-corrected chi connectivity index (χ0v) is 38.6. The zero-order valence-electron chi connectivity index (χ0n) is 36.2. The first kappa shape index (κ1) is 51.5. The van der Waals surface area contributed by atoms with Gasteiger partial charge in [0.2, 0.25) is 0 Å². The fourth-order valence-electron chi connectivity index (χ4n) is 6.46. The number of rotatable bonds is 13. The molecule has 2 fully saturated rings. The van der Waals surface area contributed by atoms with Crippen LogP contribution in [0.15, 0.2) is 109 Å². The molecule has 0 spiro atoms. The average Bonchev–Trinajstić information content (AvgIpc) is 3.28. The Morgan fingerprint density at radius 3 is 1.24 bits per heavy atom. The number of hydrogen-bond donors (Lipinski definition) is 1. The lowest BCUT2D eigenvalue weighted by Gasteiger charge is -2.38. The molecule has 0 saturated carbocycles. The van der Waals surface area contributed by atoms with Crippen LogP contribution in [0.25, 0.3) is 0 Å². The van der Waals surface area contributed by atoms with Crippen molar-refractivity contribution in [2.24, 2.45) is 0 Å². The van der Waals surface area contributed by atoms with Crippen LogP contribution in [0.5, 0.6) is 0 Å². The number of halogens is 1. The summed E-state index contributed by atoms with van der Waals surface area (Å²) in [6, 6.07) is 32.1. The first-order valence-corrected chi connectivity index (χ1v) is 22.8. The molecule has 62 heavy (non-hydrogen) atoms. The Bertz CT molecular complexity index is 2220. The molecule has 2 saturated heterocycles. The SMILES string of the molecule is CC(C)=O.COC(=O)c1ccc(CN(c2ccccc2)S(=O)(=O)N2CCN(C(C)C)CC2)cc1.COC(=O)c1ccc(CN(c2ccccc2)S(=O)(=O)N2CCNCC2)cc1.Cl. The highest BCUT2D eigenvalue weighted by Crippen LogP contribution is 2.26. The van der Waals surface area contributed by atoms with Gasteiger partial charge in [0.25, 0.3) is 0 Å². The van der Waals surface area contributed by atoms with E-state index < -0.39 is 32.4 Å². The summed E-state index contributed by atoms with van der Waals surface area (Å²) in [5.41, 5.74) is 3.65. The fraction of sp³-hybridized carbons (Fsp3) is 0.386. The number of ether oxygens (including phenoxy) is 2. The summed E-state index contributed by atoms with van der Waals surface area (Å²) in [4.78, 5) is 35.0. The number of nitrogens with zero attached hydrogens (tertiary/aromatic N) is 5. The summed E-state index contributed by atoms with van der Waals surface area (Å²) < 4.78 is 69.0. The number of anilines is 2. The second-order valence-electron chi connectivity index (χ2n) is 14.7. The third-order valence-corrected chi connectivity index (χ3v) is 13.6. The Labute approximate surface area is 373 Å². The van der Waals surface area contributed by atoms with Crippen molar-refractivity contribution in [2.75, 3.05) is 75.2 Å². The smallest absolute Gasteiger partial charge is 0.337 e. The summed E-state index contributed by atoms with van der Waals surface area (Å²) in [6.07, 6.45) is 0. The van der Waals surface area contributed by atoms with Crippen molar-refractivity contribution in [3.8, 4) is 0 Å². The van der Waals surface area contributed by atoms with Gasteiger partial charge in [0.05, 0.1) is 49.8 Å². The number of ketones is 1. The molecule has 0 aliphatic carbocycles. The van der Waals surface area contributed by atoms with Gasteiger partial charge >= 0.3 is 32.4 Å². The largest absolute Gasteiger partial charge is 0.465 e. The molecule has 6 rings (SSSR count). The molecule has 0 amide bonds. The molecule has 0 unspecified atom stereocenters. The van der Waals surface area contributed by atoms with Gasteiger partial charge in [-0.15, -0.1) is 12.4 Å². The molecule has 0 bridgehead atoms. The molecule has 0 atom stereocenters. The van der Waals surface area contributed by atoms with E-state index in [1.807, 2.05) is 36.4 Å². The lowest BCUT2D eigenvalue weighted by Crippen LogP contribution is -2.54. The highest BCUT2D eigenvalue weighted by molar-refractivity contribution is 7.90. The number of nitrogens with one attached hydrogen (secondary N) is 1. The number of Topliss-reactive ketones (excluding diaryl/α,β-unsaturated/α-hetero) is 1. The van der Waals surface area contributed by atoms with Crippen LogP contribution in [0.3, 0.4) is 0 Å². The van der Waals surface area contributed by atoms with E-state index in [0.717, 1.165) is 11.1 Å². The predicted octanol–water partition coefficient (Wildman–Crippen LogP) is 5.40. The maximum absolute atomic E-state index is 13.5. The molecule has 4 aromatic carbocycles. The van der Waals surface area contributed by atoms with Crippen molar-refractivity contribution in [3.05, 3.63) is 131 Å². The van der Waals surface area contributed by atoms with Gasteiger partial charge < -0.3 is 19.6 Å². The summed E-state index contributed by atoms with van der Waals surface area (Å²) >= 11 is 0. The number of esters is 2. The lowest BCUT2D eigenvalue weighted by atomic mass is 10.1. The molecule has 4 aromatic rings. The molecule has 2 aliphatic rings. The minimum absolute atomic E-state index is 0. The molecule has 0 radical (unpaired) electrons. The van der Waals surface area contributed by atoms with E-state index in [1.165, 1.54) is 41.0 Å². The minimum atomic E-state index is -3.71.